The number of nitrogens with zero attached hydrogens (tertiary/aromatic N) is 1. The zero-order valence-electron chi connectivity index (χ0n) is 17.2. The first kappa shape index (κ1) is 22.0. The fourth-order valence-corrected chi connectivity index (χ4v) is 4.20. The largest absolute Gasteiger partial charge is 0.369 e. The maximum Gasteiger partial charge on any atom is 0.264 e. The molecule has 0 spiro atoms. The Hall–Kier alpha value is -3.65. The van der Waals surface area contributed by atoms with Gasteiger partial charge in [-0.15, -0.1) is 0 Å². The topological polar surface area (TPSA) is 110 Å². The predicted octanol–water partition coefficient (Wildman–Crippen LogP) is 3.10. The monoisotopic (exact) mass is 437 g/mol. The summed E-state index contributed by atoms with van der Waals surface area (Å²) < 4.78 is 26.8. The smallest absolute Gasteiger partial charge is 0.264 e. The Kier molecular flexibility index (Phi) is 6.41. The highest BCUT2D eigenvalue weighted by Gasteiger charge is 2.21. The molecule has 0 saturated heterocycles. The summed E-state index contributed by atoms with van der Waals surface area (Å²) in [5, 5.41) is 2.76. The lowest BCUT2D eigenvalue weighted by molar-refractivity contribution is -0.117. The highest BCUT2D eigenvalue weighted by molar-refractivity contribution is 7.92. The number of para-hydroxylation sites is 1. The summed E-state index contributed by atoms with van der Waals surface area (Å²) >= 11 is 0. The number of nitrogens with two attached hydrogens (primary N) is 1. The quantitative estimate of drug-likeness (QED) is 0.592. The second kappa shape index (κ2) is 9.01. The van der Waals surface area contributed by atoms with E-state index in [2.05, 4.69) is 5.32 Å². The van der Waals surface area contributed by atoms with Gasteiger partial charge in [0.2, 0.25) is 5.91 Å². The number of carbonyl (C=O) groups is 2. The molecule has 8 heteroatoms. The zero-order valence-corrected chi connectivity index (χ0v) is 18.0. The van der Waals surface area contributed by atoms with Crippen LogP contribution in [0.25, 0.3) is 0 Å². The molecule has 3 rings (SSSR count). The van der Waals surface area contributed by atoms with Crippen LogP contribution in [0.3, 0.4) is 0 Å². The lowest BCUT2D eigenvalue weighted by Gasteiger charge is -2.20. The number of carbonyl (C=O) groups excluding carboxylic acids is 2. The highest BCUT2D eigenvalue weighted by Crippen LogP contribution is 2.23. The van der Waals surface area contributed by atoms with E-state index >= 15 is 0 Å². The van der Waals surface area contributed by atoms with E-state index in [0.717, 1.165) is 5.56 Å². The highest BCUT2D eigenvalue weighted by atomic mass is 32.2. The number of anilines is 2. The molecule has 2 amide bonds. The van der Waals surface area contributed by atoms with Crippen molar-refractivity contribution in [1.82, 2.24) is 0 Å². The fourth-order valence-electron chi connectivity index (χ4n) is 3.01. The Morgan fingerprint density at radius 2 is 1.55 bits per heavy atom. The third kappa shape index (κ3) is 5.10. The van der Waals surface area contributed by atoms with Gasteiger partial charge in [-0.2, -0.15) is 0 Å². The van der Waals surface area contributed by atoms with E-state index in [1.165, 1.54) is 11.4 Å². The lowest BCUT2D eigenvalue weighted by Crippen LogP contribution is -2.26. The second-order valence-corrected chi connectivity index (χ2v) is 9.06. The Balaban J connectivity index is 1.78. The van der Waals surface area contributed by atoms with Gasteiger partial charge in [-0.05, 0) is 55.0 Å². The van der Waals surface area contributed by atoms with Gasteiger partial charge < -0.3 is 11.1 Å². The average Bonchev–Trinajstić information content (AvgIpc) is 2.74. The molecular formula is C23H23N3O4S. The van der Waals surface area contributed by atoms with Crippen molar-refractivity contribution in [2.45, 2.75) is 18.2 Å². The zero-order chi connectivity index (χ0) is 22.6. The minimum atomic E-state index is -3.72. The van der Waals surface area contributed by atoms with E-state index in [-0.39, 0.29) is 17.2 Å². The van der Waals surface area contributed by atoms with E-state index in [9.17, 15) is 18.0 Å². The van der Waals surface area contributed by atoms with Gasteiger partial charge in [0.05, 0.1) is 17.0 Å². The number of hydrogen-bond acceptors (Lipinski definition) is 4. The van der Waals surface area contributed by atoms with Crippen LogP contribution in [0, 0.1) is 6.92 Å². The Morgan fingerprint density at radius 3 is 2.16 bits per heavy atom. The molecule has 0 atom stereocenters. The molecule has 0 aliphatic carbocycles. The molecule has 0 heterocycles. The van der Waals surface area contributed by atoms with Gasteiger partial charge in [0, 0.05) is 18.3 Å². The number of primary amides is 1. The molecule has 0 bridgehead atoms. The fraction of sp³-hybridized carbons (Fsp3) is 0.130. The molecule has 3 N–H and O–H groups in total. The summed E-state index contributed by atoms with van der Waals surface area (Å²) in [6.07, 6.45) is 0.0110. The second-order valence-electron chi connectivity index (χ2n) is 7.09. The van der Waals surface area contributed by atoms with Crippen LogP contribution in [0.4, 0.5) is 11.4 Å². The summed E-state index contributed by atoms with van der Waals surface area (Å²) in [5.41, 5.74) is 8.10. The molecule has 3 aromatic rings. The normalized spacial score (nSPS) is 11.0. The summed E-state index contributed by atoms with van der Waals surface area (Å²) in [5.74, 6) is -0.878. The van der Waals surface area contributed by atoms with Gasteiger partial charge in [0.1, 0.15) is 0 Å². The third-order valence-electron chi connectivity index (χ3n) is 4.80. The van der Waals surface area contributed by atoms with Crippen LogP contribution >= 0.6 is 0 Å². The van der Waals surface area contributed by atoms with E-state index in [1.807, 2.05) is 6.92 Å². The van der Waals surface area contributed by atoms with Crippen LogP contribution in [0.15, 0.2) is 77.7 Å². The summed E-state index contributed by atoms with van der Waals surface area (Å²) in [6.45, 7) is 1.89. The SMILES string of the molecule is Cc1ccc(S(=O)(=O)N(C)c2ccc(C(=O)Nc3ccccc3CC(N)=O)cc2)cc1. The third-order valence-corrected chi connectivity index (χ3v) is 6.60. The van der Waals surface area contributed by atoms with Gasteiger partial charge in [0.25, 0.3) is 15.9 Å². The first-order valence-corrected chi connectivity index (χ1v) is 11.0. The Bertz CT molecular complexity index is 1200. The van der Waals surface area contributed by atoms with Crippen molar-refractivity contribution in [1.29, 1.82) is 0 Å². The number of aryl methyl sites for hydroxylation is 1. The van der Waals surface area contributed by atoms with Crippen LogP contribution in [0.1, 0.15) is 21.5 Å². The van der Waals surface area contributed by atoms with E-state index in [1.54, 1.807) is 72.8 Å². The molecule has 0 aliphatic rings. The number of amides is 2. The average molecular weight is 438 g/mol. The molecule has 7 nitrogen and oxygen atoms in total. The molecule has 160 valence electrons. The number of hydrogen-bond donors (Lipinski definition) is 2. The van der Waals surface area contributed by atoms with Gasteiger partial charge in [-0.25, -0.2) is 8.42 Å². The van der Waals surface area contributed by atoms with Gasteiger partial charge in [-0.3, -0.25) is 13.9 Å². The summed E-state index contributed by atoms with van der Waals surface area (Å²) in [6, 6.07) is 19.7. The van der Waals surface area contributed by atoms with Crippen molar-refractivity contribution in [3.05, 3.63) is 89.5 Å². The molecule has 3 aromatic carbocycles. The van der Waals surface area contributed by atoms with Crippen LogP contribution in [0.2, 0.25) is 0 Å². The lowest BCUT2D eigenvalue weighted by atomic mass is 10.1. The first-order valence-electron chi connectivity index (χ1n) is 9.51. The number of sulfonamides is 1. The summed E-state index contributed by atoms with van der Waals surface area (Å²) in [4.78, 5) is 24.0. The molecular weight excluding hydrogens is 414 g/mol. The minimum Gasteiger partial charge on any atom is -0.369 e. The first-order chi connectivity index (χ1) is 14.7. The molecule has 0 aromatic heterocycles. The predicted molar refractivity (Wildman–Crippen MR) is 121 cm³/mol. The standard InChI is InChI=1S/C23H23N3O4S/c1-16-7-13-20(14-8-16)31(29,30)26(2)19-11-9-17(10-12-19)23(28)25-21-6-4-3-5-18(21)15-22(24)27/h3-14H,15H2,1-2H3,(H2,24,27)(H,25,28). The maximum absolute atomic E-state index is 12.8. The molecule has 0 radical (unpaired) electrons. The van der Waals surface area contributed by atoms with Crippen molar-refractivity contribution < 1.29 is 18.0 Å². The van der Waals surface area contributed by atoms with Crippen molar-refractivity contribution >= 4 is 33.2 Å². The Labute approximate surface area is 181 Å². The van der Waals surface area contributed by atoms with Crippen molar-refractivity contribution in [2.75, 3.05) is 16.7 Å². The molecule has 31 heavy (non-hydrogen) atoms. The van der Waals surface area contributed by atoms with E-state index < -0.39 is 15.9 Å². The molecule has 0 fully saturated rings. The van der Waals surface area contributed by atoms with Crippen molar-refractivity contribution in [3.8, 4) is 0 Å². The summed E-state index contributed by atoms with van der Waals surface area (Å²) in [7, 11) is -2.26. The van der Waals surface area contributed by atoms with E-state index in [4.69, 9.17) is 5.73 Å². The van der Waals surface area contributed by atoms with Crippen LogP contribution < -0.4 is 15.4 Å². The Morgan fingerprint density at radius 1 is 0.935 bits per heavy atom. The minimum absolute atomic E-state index is 0.0110. The molecule has 0 saturated carbocycles. The van der Waals surface area contributed by atoms with E-state index in [0.29, 0.717) is 22.5 Å². The van der Waals surface area contributed by atoms with Gasteiger partial charge in [0.15, 0.2) is 0 Å². The number of benzene rings is 3. The van der Waals surface area contributed by atoms with Crippen LogP contribution in [0.5, 0.6) is 0 Å². The number of rotatable bonds is 7. The maximum atomic E-state index is 12.8. The number of nitrogens with one attached hydrogen (secondary N) is 1. The van der Waals surface area contributed by atoms with Gasteiger partial charge >= 0.3 is 0 Å². The van der Waals surface area contributed by atoms with Crippen LogP contribution in [-0.2, 0) is 21.2 Å². The van der Waals surface area contributed by atoms with Crippen LogP contribution in [-0.4, -0.2) is 27.3 Å². The van der Waals surface area contributed by atoms with Crippen molar-refractivity contribution in [3.63, 3.8) is 0 Å². The van der Waals surface area contributed by atoms with Crippen molar-refractivity contribution in [2.24, 2.45) is 5.73 Å². The molecule has 0 aliphatic heterocycles. The van der Waals surface area contributed by atoms with Gasteiger partial charge in [-0.1, -0.05) is 35.9 Å². The molecule has 0 unspecified atom stereocenters.